The molecule has 0 spiro atoms. The fraction of sp³-hybridized carbons (Fsp3) is 0.0556. The zero-order chi connectivity index (χ0) is 16.1. The minimum atomic E-state index is -2.18. The molecular formula is C18H17N2PS2. The van der Waals surface area contributed by atoms with Gasteiger partial charge in [0, 0.05) is 15.5 Å². The Balaban J connectivity index is 2.00. The number of hydrazone groups is 1. The van der Waals surface area contributed by atoms with Crippen LogP contribution in [0.15, 0.2) is 83.3 Å². The average Bonchev–Trinajstić information content (AvgIpc) is 3.16. The molecule has 3 aromatic rings. The quantitative estimate of drug-likeness (QED) is 0.423. The van der Waals surface area contributed by atoms with Crippen LogP contribution < -0.4 is 15.8 Å². The van der Waals surface area contributed by atoms with E-state index in [9.17, 15) is 0 Å². The summed E-state index contributed by atoms with van der Waals surface area (Å²) in [4.78, 5) is 1.15. The highest BCUT2D eigenvalue weighted by Crippen LogP contribution is 2.39. The number of rotatable bonds is 5. The maximum atomic E-state index is 6.08. The Morgan fingerprint density at radius 1 is 0.913 bits per heavy atom. The Kier molecular flexibility index (Phi) is 5.06. The molecule has 1 N–H and O–H groups in total. The fourth-order valence-electron chi connectivity index (χ4n) is 2.23. The lowest BCUT2D eigenvalue weighted by molar-refractivity contribution is 1.10. The van der Waals surface area contributed by atoms with E-state index >= 15 is 0 Å². The molecule has 3 rings (SSSR count). The molecule has 0 atom stereocenters. The van der Waals surface area contributed by atoms with Gasteiger partial charge in [-0.15, -0.1) is 11.3 Å². The number of hydrogen-bond donors (Lipinski definition) is 1. The number of nitrogens with one attached hydrogen (secondary N) is 1. The Morgan fingerprint density at radius 3 is 1.96 bits per heavy atom. The maximum absolute atomic E-state index is 6.08. The first kappa shape index (κ1) is 16.1. The molecule has 0 saturated carbocycles. The van der Waals surface area contributed by atoms with Crippen molar-refractivity contribution >= 4 is 45.7 Å². The summed E-state index contributed by atoms with van der Waals surface area (Å²) in [5.74, 6) is 0. The Bertz CT molecular complexity index is 784. The topological polar surface area (TPSA) is 24.4 Å². The molecule has 0 amide bonds. The van der Waals surface area contributed by atoms with E-state index in [0.29, 0.717) is 0 Å². The van der Waals surface area contributed by atoms with Crippen LogP contribution in [0, 0.1) is 0 Å². The summed E-state index contributed by atoms with van der Waals surface area (Å²) in [6.07, 6.45) is -2.18. The summed E-state index contributed by atoms with van der Waals surface area (Å²) in [6.45, 7) is 2.01. The molecular weight excluding hydrogens is 339 g/mol. The highest BCUT2D eigenvalue weighted by Gasteiger charge is 2.21. The van der Waals surface area contributed by atoms with Gasteiger partial charge in [-0.1, -0.05) is 78.5 Å². The van der Waals surface area contributed by atoms with Crippen molar-refractivity contribution in [2.75, 3.05) is 0 Å². The normalized spacial score (nSPS) is 12.1. The van der Waals surface area contributed by atoms with E-state index in [2.05, 4.69) is 46.0 Å². The van der Waals surface area contributed by atoms with Gasteiger partial charge in [-0.25, -0.2) is 0 Å². The van der Waals surface area contributed by atoms with Crippen molar-refractivity contribution in [3.05, 3.63) is 83.1 Å². The summed E-state index contributed by atoms with van der Waals surface area (Å²) in [7, 11) is 0. The molecule has 0 aliphatic rings. The molecule has 5 heteroatoms. The van der Waals surface area contributed by atoms with Crippen LogP contribution in [0.3, 0.4) is 0 Å². The number of thiophene rings is 1. The second-order valence-electron chi connectivity index (χ2n) is 5.05. The number of benzene rings is 2. The zero-order valence-corrected chi connectivity index (χ0v) is 15.2. The van der Waals surface area contributed by atoms with Crippen LogP contribution >= 0.6 is 17.5 Å². The predicted molar refractivity (Wildman–Crippen MR) is 106 cm³/mol. The van der Waals surface area contributed by atoms with E-state index in [1.54, 1.807) is 11.3 Å². The van der Waals surface area contributed by atoms with Crippen LogP contribution in [0.25, 0.3) is 0 Å². The van der Waals surface area contributed by atoms with E-state index in [1.807, 2.05) is 49.4 Å². The molecule has 0 bridgehead atoms. The summed E-state index contributed by atoms with van der Waals surface area (Å²) < 4.78 is 0. The van der Waals surface area contributed by atoms with Crippen LogP contribution in [0.1, 0.15) is 11.8 Å². The number of nitrogens with zero attached hydrogens (tertiary/aromatic N) is 1. The predicted octanol–water partition coefficient (Wildman–Crippen LogP) is 4.11. The van der Waals surface area contributed by atoms with E-state index in [0.717, 1.165) is 21.2 Å². The monoisotopic (exact) mass is 356 g/mol. The van der Waals surface area contributed by atoms with Gasteiger partial charge in [-0.05, 0) is 18.4 Å². The van der Waals surface area contributed by atoms with Crippen molar-refractivity contribution in [1.29, 1.82) is 0 Å². The Hall–Kier alpha value is -1.74. The maximum Gasteiger partial charge on any atom is 0.106 e. The standard InChI is InChI=1S/C18H17N2PS2/c1-15(18-13-8-14-23-18)19-20-21(22,16-9-4-2-5-10-16)17-11-6-3-7-12-17/h2-14H,1H3,(H,20,22). The minimum Gasteiger partial charge on any atom is -0.272 e. The van der Waals surface area contributed by atoms with Crippen molar-refractivity contribution in [3.63, 3.8) is 0 Å². The Labute approximate surface area is 146 Å². The summed E-state index contributed by atoms with van der Waals surface area (Å²) >= 11 is 7.76. The molecule has 0 unspecified atom stereocenters. The first-order valence-corrected chi connectivity index (χ1v) is 10.9. The molecule has 1 heterocycles. The van der Waals surface area contributed by atoms with Gasteiger partial charge in [0.25, 0.3) is 0 Å². The van der Waals surface area contributed by atoms with Crippen LogP contribution in [0.4, 0.5) is 0 Å². The van der Waals surface area contributed by atoms with E-state index in [1.165, 1.54) is 0 Å². The van der Waals surface area contributed by atoms with Crippen LogP contribution in [0.5, 0.6) is 0 Å². The molecule has 0 aliphatic heterocycles. The van der Waals surface area contributed by atoms with Crippen molar-refractivity contribution in [3.8, 4) is 0 Å². The van der Waals surface area contributed by atoms with Crippen molar-refractivity contribution in [1.82, 2.24) is 5.20 Å². The fourth-order valence-corrected chi connectivity index (χ4v) is 5.76. The minimum absolute atomic E-state index is 0.959. The van der Waals surface area contributed by atoms with Gasteiger partial charge in [0.05, 0.1) is 5.71 Å². The average molecular weight is 356 g/mol. The van der Waals surface area contributed by atoms with Gasteiger partial charge in [-0.3, -0.25) is 5.20 Å². The molecule has 116 valence electrons. The molecule has 0 radical (unpaired) electrons. The van der Waals surface area contributed by atoms with E-state index < -0.39 is 6.19 Å². The molecule has 0 saturated heterocycles. The van der Waals surface area contributed by atoms with Crippen molar-refractivity contribution < 1.29 is 0 Å². The van der Waals surface area contributed by atoms with Gasteiger partial charge in [0.1, 0.15) is 6.19 Å². The highest BCUT2D eigenvalue weighted by atomic mass is 32.4. The summed E-state index contributed by atoms with van der Waals surface area (Å²) in [5.41, 5.74) is 0.959. The van der Waals surface area contributed by atoms with Gasteiger partial charge in [0.2, 0.25) is 0 Å². The first-order valence-electron chi connectivity index (χ1n) is 7.27. The van der Waals surface area contributed by atoms with Crippen molar-refractivity contribution in [2.45, 2.75) is 6.92 Å². The van der Waals surface area contributed by atoms with Crippen molar-refractivity contribution in [2.24, 2.45) is 5.10 Å². The van der Waals surface area contributed by atoms with Gasteiger partial charge in [0.15, 0.2) is 0 Å². The molecule has 0 fully saturated rings. The summed E-state index contributed by atoms with van der Waals surface area (Å²) in [6, 6.07) is 24.5. The third kappa shape index (κ3) is 3.61. The van der Waals surface area contributed by atoms with Gasteiger partial charge in [-0.2, -0.15) is 5.10 Å². The lowest BCUT2D eigenvalue weighted by Crippen LogP contribution is -2.25. The van der Waals surface area contributed by atoms with Crippen LogP contribution in [-0.4, -0.2) is 5.71 Å². The third-order valence-electron chi connectivity index (χ3n) is 3.48. The lowest BCUT2D eigenvalue weighted by Gasteiger charge is -2.23. The lowest BCUT2D eigenvalue weighted by atomic mass is 10.3. The van der Waals surface area contributed by atoms with Crippen LogP contribution in [-0.2, 0) is 11.8 Å². The zero-order valence-electron chi connectivity index (χ0n) is 12.7. The van der Waals surface area contributed by atoms with Gasteiger partial charge >= 0.3 is 0 Å². The first-order chi connectivity index (χ1) is 11.2. The molecule has 0 aliphatic carbocycles. The second kappa shape index (κ2) is 7.22. The van der Waals surface area contributed by atoms with Gasteiger partial charge < -0.3 is 0 Å². The molecule has 23 heavy (non-hydrogen) atoms. The second-order valence-corrected chi connectivity index (χ2v) is 10.1. The highest BCUT2D eigenvalue weighted by molar-refractivity contribution is 8.20. The van der Waals surface area contributed by atoms with E-state index in [4.69, 9.17) is 11.8 Å². The molecule has 2 aromatic carbocycles. The summed E-state index contributed by atoms with van der Waals surface area (Å²) in [5, 5.41) is 12.2. The smallest absolute Gasteiger partial charge is 0.106 e. The van der Waals surface area contributed by atoms with Crippen LogP contribution in [0.2, 0.25) is 0 Å². The SMILES string of the molecule is CC(=NNP(=S)(c1ccccc1)c1ccccc1)c1cccs1. The molecule has 1 aromatic heterocycles. The van der Waals surface area contributed by atoms with E-state index in [-0.39, 0.29) is 0 Å². The third-order valence-corrected chi connectivity index (χ3v) is 8.40. The largest absolute Gasteiger partial charge is 0.272 e. The molecule has 2 nitrogen and oxygen atoms in total. The Morgan fingerprint density at radius 2 is 1.48 bits per heavy atom. The number of hydrogen-bond acceptors (Lipinski definition) is 3.